The van der Waals surface area contributed by atoms with Gasteiger partial charge in [-0.25, -0.2) is 0 Å². The Morgan fingerprint density at radius 3 is 1.37 bits per heavy atom. The molecule has 322 valence electrons. The molecule has 0 bridgehead atoms. The number of unbranched alkanes of at least 4 members (excludes halogenated alkanes) is 24. The largest absolute Gasteiger partial charge is 0.325 e. The van der Waals surface area contributed by atoms with E-state index in [4.69, 9.17) is 0 Å². The molecule has 0 radical (unpaired) electrons. The van der Waals surface area contributed by atoms with Crippen LogP contribution in [0.25, 0.3) is 0 Å². The Morgan fingerprint density at radius 2 is 0.852 bits per heavy atom. The van der Waals surface area contributed by atoms with Crippen LogP contribution < -0.4 is 0 Å². The quantitative estimate of drug-likeness (QED) is 0.0448. The van der Waals surface area contributed by atoms with Gasteiger partial charge < -0.3 is 6.42 Å². The zero-order valence-electron chi connectivity index (χ0n) is 38.4. The number of hydrogen-bond acceptors (Lipinski definition) is 2. The minimum absolute atomic E-state index is 0. The Morgan fingerprint density at radius 1 is 0.444 bits per heavy atom. The number of hydrogen-bond donors (Lipinski definition) is 0. The summed E-state index contributed by atoms with van der Waals surface area (Å²) < 4.78 is 0. The topological polar surface area (TPSA) is 20.3 Å². The van der Waals surface area contributed by atoms with Crippen molar-refractivity contribution in [2.45, 2.75) is 279 Å². The van der Waals surface area contributed by atoms with E-state index in [0.29, 0.717) is 12.3 Å². The third-order valence-corrected chi connectivity index (χ3v) is 12.5. The molecule has 0 N–H and O–H groups in total. The van der Waals surface area contributed by atoms with Gasteiger partial charge in [-0.15, -0.1) is 0 Å². The van der Waals surface area contributed by atoms with Gasteiger partial charge in [-0.3, -0.25) is 9.69 Å². The van der Waals surface area contributed by atoms with Crippen LogP contribution in [0.1, 0.15) is 279 Å². The molecule has 3 atom stereocenters. The number of nitrogens with zero attached hydrogens (tertiary/aromatic N) is 1. The second kappa shape index (κ2) is 46.4. The van der Waals surface area contributed by atoms with Crippen molar-refractivity contribution in [2.75, 3.05) is 19.6 Å². The average molecular weight is 983 g/mol. The van der Waals surface area contributed by atoms with Crippen LogP contribution in [0.4, 0.5) is 0 Å². The van der Waals surface area contributed by atoms with Crippen LogP contribution in [0.15, 0.2) is 0 Å². The van der Waals surface area contributed by atoms with E-state index in [1.165, 1.54) is 218 Å². The van der Waals surface area contributed by atoms with Crippen molar-refractivity contribution in [3.63, 3.8) is 0 Å². The summed E-state index contributed by atoms with van der Waals surface area (Å²) in [5.74, 6) is 3.15. The maximum Gasteiger partial charge on any atom is 0.146 e. The molecule has 2 nitrogen and oxygen atoms in total. The molecule has 0 aliphatic rings. The van der Waals surface area contributed by atoms with E-state index in [2.05, 4.69) is 52.9 Å². The van der Waals surface area contributed by atoms with Crippen molar-refractivity contribution in [1.29, 1.82) is 0 Å². The van der Waals surface area contributed by atoms with Crippen LogP contribution in [0.2, 0.25) is 0 Å². The predicted octanol–water partition coefficient (Wildman–Crippen LogP) is 17.5. The normalized spacial score (nSPS) is 13.3. The summed E-state index contributed by atoms with van der Waals surface area (Å²) in [5.41, 5.74) is 0. The van der Waals surface area contributed by atoms with Gasteiger partial charge in [0.05, 0.1) is 6.54 Å². The monoisotopic (exact) mass is 983 g/mol. The predicted molar refractivity (Wildman–Crippen MR) is 241 cm³/mol. The summed E-state index contributed by atoms with van der Waals surface area (Å²) in [5, 5.41) is 0. The van der Waals surface area contributed by atoms with Gasteiger partial charge in [0.1, 0.15) is 5.78 Å². The summed E-state index contributed by atoms with van der Waals surface area (Å²) in [6.07, 6.45) is 53.1. The third-order valence-electron chi connectivity index (χ3n) is 12.5. The van der Waals surface area contributed by atoms with E-state index in [1.54, 1.807) is 0 Å². The summed E-state index contributed by atoms with van der Waals surface area (Å²) in [6.45, 7) is 17.0. The second-order valence-electron chi connectivity index (χ2n) is 17.9. The molecule has 0 saturated carbocycles. The van der Waals surface area contributed by atoms with Gasteiger partial charge in [0.15, 0.2) is 0 Å². The summed E-state index contributed by atoms with van der Waals surface area (Å²) >= 11 is 0. The number of carbonyl (C=O) groups excluding carboxylic acids is 1. The standard InChI is InChI=1S/C51H102NO.U/c1-7-12-16-20-24-32-40-49(39-31-18-14-9-3)41-33-25-22-23-29-37-46-52(45-11-5)47-51(53)44-36-28-27-30-38-48(6)50(42-34-19-15-10-4)43-35-26-21-17-13-8-2;/h41,48-50H,7-40,42-47H2,1-6H3;/q-1;. The van der Waals surface area contributed by atoms with Crippen molar-refractivity contribution in [3.8, 4) is 0 Å². The second-order valence-corrected chi connectivity index (χ2v) is 17.9. The molecule has 0 rings (SSSR count). The molecular formula is C51H102NOU-. The van der Waals surface area contributed by atoms with Crippen molar-refractivity contribution in [2.24, 2.45) is 17.8 Å². The number of rotatable bonds is 45. The molecule has 0 saturated heterocycles. The average Bonchev–Trinajstić information content (AvgIpc) is 3.15. The van der Waals surface area contributed by atoms with E-state index in [-0.39, 0.29) is 31.1 Å². The third kappa shape index (κ3) is 39.5. The van der Waals surface area contributed by atoms with Crippen LogP contribution in [0.3, 0.4) is 0 Å². The van der Waals surface area contributed by atoms with Crippen molar-refractivity contribution in [3.05, 3.63) is 6.42 Å². The zero-order chi connectivity index (χ0) is 38.9. The van der Waals surface area contributed by atoms with E-state index in [1.807, 2.05) is 0 Å². The number of ketones is 1. The minimum atomic E-state index is 0. The number of carbonyl (C=O) groups is 1. The van der Waals surface area contributed by atoms with Gasteiger partial charge in [-0.05, 0) is 44.2 Å². The smallest absolute Gasteiger partial charge is 0.146 e. The summed E-state index contributed by atoms with van der Waals surface area (Å²) in [6, 6.07) is 0. The van der Waals surface area contributed by atoms with Gasteiger partial charge in [0.2, 0.25) is 0 Å². The zero-order valence-corrected chi connectivity index (χ0v) is 42.6. The minimum Gasteiger partial charge on any atom is -0.325 e. The van der Waals surface area contributed by atoms with Crippen LogP contribution >= 0.6 is 0 Å². The molecular weight excluding hydrogens is 881 g/mol. The fourth-order valence-electron chi connectivity index (χ4n) is 8.79. The SMILES string of the molecule is CCCCCCCCC([CH-]CCCCCCCN(CCC)CC(=O)CCCCCCC(C)C(CCCCCC)CCCCCCCC)CCCCCC.[U]. The van der Waals surface area contributed by atoms with Gasteiger partial charge in [0, 0.05) is 37.5 Å². The maximum atomic E-state index is 12.9. The van der Waals surface area contributed by atoms with E-state index in [0.717, 1.165) is 50.1 Å². The molecule has 0 spiro atoms. The first-order valence-corrected chi connectivity index (χ1v) is 25.1. The first-order valence-electron chi connectivity index (χ1n) is 25.1. The molecule has 0 aromatic carbocycles. The van der Waals surface area contributed by atoms with Crippen LogP contribution in [-0.2, 0) is 4.79 Å². The van der Waals surface area contributed by atoms with Crippen molar-refractivity contribution >= 4 is 5.78 Å². The molecule has 3 unspecified atom stereocenters. The van der Waals surface area contributed by atoms with Gasteiger partial charge in [0.25, 0.3) is 0 Å². The van der Waals surface area contributed by atoms with E-state index in [9.17, 15) is 4.79 Å². The Balaban J connectivity index is 0. The van der Waals surface area contributed by atoms with Crippen molar-refractivity contribution < 1.29 is 35.9 Å². The Kier molecular flexibility index (Phi) is 48.8. The molecule has 0 aromatic heterocycles. The van der Waals surface area contributed by atoms with Crippen LogP contribution in [0, 0.1) is 55.3 Å². The van der Waals surface area contributed by atoms with Crippen molar-refractivity contribution in [1.82, 2.24) is 4.90 Å². The first-order chi connectivity index (χ1) is 26.0. The maximum absolute atomic E-state index is 12.9. The Labute approximate surface area is 367 Å². The van der Waals surface area contributed by atoms with Gasteiger partial charge in [-0.2, -0.15) is 12.3 Å². The van der Waals surface area contributed by atoms with E-state index < -0.39 is 0 Å². The van der Waals surface area contributed by atoms with Crippen LogP contribution in [-0.4, -0.2) is 30.3 Å². The van der Waals surface area contributed by atoms with Gasteiger partial charge >= 0.3 is 0 Å². The fraction of sp³-hybridized carbons (Fsp3) is 0.961. The Bertz CT molecular complexity index is 712. The first kappa shape index (κ1) is 56.8. The number of Topliss-reactive ketones (excluding diaryl/α,β-unsaturated/α-hetero) is 1. The molecule has 0 aliphatic carbocycles. The molecule has 0 amide bonds. The summed E-state index contributed by atoms with van der Waals surface area (Å²) in [4.78, 5) is 15.4. The Hall–Kier alpha value is 0.682. The molecule has 3 heteroatoms. The van der Waals surface area contributed by atoms with E-state index >= 15 is 0 Å². The molecule has 0 fully saturated rings. The molecule has 0 aliphatic heterocycles. The van der Waals surface area contributed by atoms with Crippen LogP contribution in [0.5, 0.6) is 0 Å². The summed E-state index contributed by atoms with van der Waals surface area (Å²) in [7, 11) is 0. The van der Waals surface area contributed by atoms with Gasteiger partial charge in [-0.1, -0.05) is 247 Å². The fourth-order valence-corrected chi connectivity index (χ4v) is 8.79. The molecule has 54 heavy (non-hydrogen) atoms. The molecule has 0 aromatic rings. The molecule has 0 heterocycles.